The largest absolute Gasteiger partial charge is 0.496 e. The first kappa shape index (κ1) is 17.5. The highest BCUT2D eigenvalue weighted by atomic mass is 19.4. The Morgan fingerprint density at radius 2 is 1.88 bits per heavy atom. The van der Waals surface area contributed by atoms with Crippen LogP contribution in [-0.2, 0) is 17.3 Å². The molecule has 0 bridgehead atoms. The molecule has 24 heavy (non-hydrogen) atoms. The molecule has 0 radical (unpaired) electrons. The number of halogens is 3. The average molecular weight is 343 g/mol. The van der Waals surface area contributed by atoms with Gasteiger partial charge in [0.2, 0.25) is 0 Å². The molecule has 0 aliphatic carbocycles. The van der Waals surface area contributed by atoms with Gasteiger partial charge in [-0.1, -0.05) is 6.07 Å². The molecule has 2 atom stereocenters. The van der Waals surface area contributed by atoms with E-state index in [1.165, 1.54) is 32.1 Å². The summed E-state index contributed by atoms with van der Waals surface area (Å²) < 4.78 is 50.2. The molecule has 2 saturated heterocycles. The van der Waals surface area contributed by atoms with Crippen LogP contribution in [0.2, 0.25) is 0 Å². The highest BCUT2D eigenvalue weighted by Gasteiger charge is 2.35. The zero-order valence-electron chi connectivity index (χ0n) is 13.9. The maximum atomic E-state index is 13.1. The third-order valence-corrected chi connectivity index (χ3v) is 4.89. The third-order valence-electron chi connectivity index (χ3n) is 4.89. The van der Waals surface area contributed by atoms with Gasteiger partial charge in [0.1, 0.15) is 5.75 Å². The Morgan fingerprint density at radius 3 is 2.54 bits per heavy atom. The lowest BCUT2D eigenvalue weighted by atomic mass is 10.0. The maximum Gasteiger partial charge on any atom is 0.419 e. The molecule has 0 aromatic heterocycles. The van der Waals surface area contributed by atoms with E-state index in [0.717, 1.165) is 32.5 Å². The van der Waals surface area contributed by atoms with Crippen molar-refractivity contribution in [2.75, 3.05) is 26.7 Å². The van der Waals surface area contributed by atoms with Crippen LogP contribution in [0.1, 0.15) is 36.8 Å². The van der Waals surface area contributed by atoms with Gasteiger partial charge in [-0.3, -0.25) is 0 Å². The fraction of sp³-hybridized carbons (Fsp3) is 0.667. The summed E-state index contributed by atoms with van der Waals surface area (Å²) in [7, 11) is 1.26. The van der Waals surface area contributed by atoms with E-state index in [9.17, 15) is 13.2 Å². The molecule has 134 valence electrons. The lowest BCUT2D eigenvalue weighted by Gasteiger charge is -2.20. The van der Waals surface area contributed by atoms with Gasteiger partial charge in [0.05, 0.1) is 24.9 Å². The summed E-state index contributed by atoms with van der Waals surface area (Å²) in [4.78, 5) is 2.42. The minimum absolute atomic E-state index is 0.00656. The second-order valence-electron chi connectivity index (χ2n) is 6.70. The molecule has 2 aliphatic rings. The second-order valence-corrected chi connectivity index (χ2v) is 6.70. The summed E-state index contributed by atoms with van der Waals surface area (Å²) in [5.74, 6) is -0.134. The van der Waals surface area contributed by atoms with E-state index >= 15 is 0 Å². The van der Waals surface area contributed by atoms with Gasteiger partial charge in [-0.15, -0.1) is 0 Å². The summed E-state index contributed by atoms with van der Waals surface area (Å²) in [5, 5.41) is 0. The van der Waals surface area contributed by atoms with Gasteiger partial charge in [-0.2, -0.15) is 13.2 Å². The van der Waals surface area contributed by atoms with Crippen LogP contribution < -0.4 is 4.74 Å². The molecule has 3 rings (SSSR count). The van der Waals surface area contributed by atoms with Crippen LogP contribution >= 0.6 is 0 Å². The van der Waals surface area contributed by atoms with Gasteiger partial charge in [-0.25, -0.2) is 0 Å². The number of hydrogen-bond acceptors (Lipinski definition) is 3. The highest BCUT2D eigenvalue weighted by Crippen LogP contribution is 2.37. The molecule has 1 aromatic rings. The molecule has 6 heteroatoms. The normalized spacial score (nSPS) is 25.3. The molecule has 2 fully saturated rings. The van der Waals surface area contributed by atoms with E-state index in [-0.39, 0.29) is 18.0 Å². The Hall–Kier alpha value is -1.27. The topological polar surface area (TPSA) is 21.7 Å². The molecule has 0 saturated carbocycles. The van der Waals surface area contributed by atoms with Crippen LogP contribution in [0, 0.1) is 0 Å². The number of nitrogens with zero attached hydrogens (tertiary/aromatic N) is 1. The van der Waals surface area contributed by atoms with Crippen molar-refractivity contribution in [2.24, 2.45) is 0 Å². The van der Waals surface area contributed by atoms with Crippen LogP contribution in [0.3, 0.4) is 0 Å². The standard InChI is InChI=1S/C18H24F3NO2/c1-23-17-7-4-13(11-16(17)18(19,20)21)10-14-5-6-15(24-14)12-22-8-2-3-9-22/h4,7,11,14-15H,2-3,5-6,8-10,12H2,1H3/t14-,15+/m0/s1. The summed E-state index contributed by atoms with van der Waals surface area (Å²) in [5.41, 5.74) is -0.0657. The van der Waals surface area contributed by atoms with E-state index in [2.05, 4.69) is 4.90 Å². The molecule has 1 aromatic carbocycles. The minimum atomic E-state index is -4.41. The number of ether oxygens (including phenoxy) is 2. The maximum absolute atomic E-state index is 13.1. The van der Waals surface area contributed by atoms with Crippen LogP contribution in [0.5, 0.6) is 5.75 Å². The van der Waals surface area contributed by atoms with Gasteiger partial charge in [-0.05, 0) is 62.9 Å². The Kier molecular flexibility index (Phi) is 5.35. The quantitative estimate of drug-likeness (QED) is 0.809. The molecule has 0 amide bonds. The molecule has 0 unspecified atom stereocenters. The molecule has 0 spiro atoms. The van der Waals surface area contributed by atoms with E-state index < -0.39 is 11.7 Å². The Morgan fingerprint density at radius 1 is 1.17 bits per heavy atom. The molecular weight excluding hydrogens is 319 g/mol. The molecule has 3 nitrogen and oxygen atoms in total. The minimum Gasteiger partial charge on any atom is -0.496 e. The Labute approximate surface area is 140 Å². The lowest BCUT2D eigenvalue weighted by Crippen LogP contribution is -2.30. The van der Waals surface area contributed by atoms with Crippen LogP contribution in [-0.4, -0.2) is 43.9 Å². The van der Waals surface area contributed by atoms with E-state index in [1.807, 2.05) is 0 Å². The summed E-state index contributed by atoms with van der Waals surface area (Å²) in [6.07, 6.45) is 0.736. The lowest BCUT2D eigenvalue weighted by molar-refractivity contribution is -0.138. The van der Waals surface area contributed by atoms with Crippen molar-refractivity contribution in [1.82, 2.24) is 4.90 Å². The van der Waals surface area contributed by atoms with Crippen molar-refractivity contribution in [1.29, 1.82) is 0 Å². The Bertz CT molecular complexity index is 556. The predicted molar refractivity (Wildman–Crippen MR) is 85.3 cm³/mol. The summed E-state index contributed by atoms with van der Waals surface area (Å²) in [6.45, 7) is 3.23. The average Bonchev–Trinajstić information content (AvgIpc) is 3.19. The van der Waals surface area contributed by atoms with Crippen molar-refractivity contribution in [2.45, 2.75) is 50.5 Å². The second kappa shape index (κ2) is 7.31. The fourth-order valence-electron chi connectivity index (χ4n) is 3.68. The molecular formula is C18H24F3NO2. The van der Waals surface area contributed by atoms with Crippen molar-refractivity contribution in [3.8, 4) is 5.75 Å². The Balaban J connectivity index is 1.60. The van der Waals surface area contributed by atoms with E-state index in [4.69, 9.17) is 9.47 Å². The zero-order chi connectivity index (χ0) is 17.2. The smallest absolute Gasteiger partial charge is 0.419 e. The molecule has 2 heterocycles. The summed E-state index contributed by atoms with van der Waals surface area (Å²) >= 11 is 0. The number of benzene rings is 1. The first-order valence-corrected chi connectivity index (χ1v) is 8.57. The van der Waals surface area contributed by atoms with E-state index in [1.54, 1.807) is 6.07 Å². The van der Waals surface area contributed by atoms with Gasteiger partial charge in [0.25, 0.3) is 0 Å². The highest BCUT2D eigenvalue weighted by molar-refractivity contribution is 5.39. The SMILES string of the molecule is COc1ccc(C[C@@H]2CC[C@H](CN3CCCC3)O2)cc1C(F)(F)F. The van der Waals surface area contributed by atoms with Crippen LogP contribution in [0.4, 0.5) is 13.2 Å². The van der Waals surface area contributed by atoms with Crippen LogP contribution in [0.25, 0.3) is 0 Å². The van der Waals surface area contributed by atoms with Gasteiger partial charge in [0, 0.05) is 6.54 Å². The number of hydrogen-bond donors (Lipinski definition) is 0. The number of rotatable bonds is 5. The fourth-order valence-corrected chi connectivity index (χ4v) is 3.68. The van der Waals surface area contributed by atoms with Gasteiger partial charge < -0.3 is 14.4 Å². The first-order valence-electron chi connectivity index (χ1n) is 8.57. The predicted octanol–water partition coefficient (Wildman–Crippen LogP) is 3.90. The van der Waals surface area contributed by atoms with Gasteiger partial charge >= 0.3 is 6.18 Å². The van der Waals surface area contributed by atoms with Gasteiger partial charge in [0.15, 0.2) is 0 Å². The molecule has 0 N–H and O–H groups in total. The zero-order valence-corrected chi connectivity index (χ0v) is 13.9. The number of alkyl halides is 3. The van der Waals surface area contributed by atoms with Crippen LogP contribution in [0.15, 0.2) is 18.2 Å². The number of methoxy groups -OCH3 is 1. The number of likely N-dealkylation sites (tertiary alicyclic amines) is 1. The van der Waals surface area contributed by atoms with Crippen molar-refractivity contribution in [3.63, 3.8) is 0 Å². The van der Waals surface area contributed by atoms with Crippen molar-refractivity contribution in [3.05, 3.63) is 29.3 Å². The third kappa shape index (κ3) is 4.22. The van der Waals surface area contributed by atoms with Crippen molar-refractivity contribution >= 4 is 0 Å². The summed E-state index contributed by atoms with van der Waals surface area (Å²) in [6, 6.07) is 4.29. The first-order chi connectivity index (χ1) is 11.5. The van der Waals surface area contributed by atoms with E-state index in [0.29, 0.717) is 12.0 Å². The molecule has 2 aliphatic heterocycles. The monoisotopic (exact) mass is 343 g/mol. The van der Waals surface area contributed by atoms with Crippen molar-refractivity contribution < 1.29 is 22.6 Å².